The summed E-state index contributed by atoms with van der Waals surface area (Å²) in [6.07, 6.45) is 4.13. The molecule has 2 rings (SSSR count). The first-order valence-electron chi connectivity index (χ1n) is 8.68. The van der Waals surface area contributed by atoms with Crippen LogP contribution in [0.3, 0.4) is 0 Å². The Balaban J connectivity index is 1.79. The number of aldehydes is 1. The minimum Gasteiger partial charge on any atom is -0.481 e. The van der Waals surface area contributed by atoms with Gasteiger partial charge in [-0.3, -0.25) is 9.59 Å². The predicted molar refractivity (Wildman–Crippen MR) is 92.4 cm³/mol. The largest absolute Gasteiger partial charge is 0.481 e. The van der Waals surface area contributed by atoms with Crippen LogP contribution in [0.5, 0.6) is 5.75 Å². The summed E-state index contributed by atoms with van der Waals surface area (Å²) in [6, 6.07) is 6.73. The Morgan fingerprint density at radius 3 is 2.72 bits per heavy atom. The number of rotatable bonds is 7. The molecule has 0 radical (unpaired) electrons. The van der Waals surface area contributed by atoms with Crippen molar-refractivity contribution in [2.45, 2.75) is 51.7 Å². The van der Waals surface area contributed by atoms with Crippen LogP contribution in [0.4, 0.5) is 0 Å². The van der Waals surface area contributed by atoms with Crippen molar-refractivity contribution in [2.24, 2.45) is 5.92 Å². The highest BCUT2D eigenvalue weighted by molar-refractivity contribution is 5.84. The monoisotopic (exact) mass is 347 g/mol. The summed E-state index contributed by atoms with van der Waals surface area (Å²) in [5.41, 5.74) is 0.354. The lowest BCUT2D eigenvalue weighted by molar-refractivity contribution is -0.157. The molecule has 136 valence electrons. The maximum atomic E-state index is 12.2. The molecule has 0 aliphatic heterocycles. The van der Waals surface area contributed by atoms with Crippen LogP contribution in [0.2, 0.25) is 0 Å². The van der Waals surface area contributed by atoms with Gasteiger partial charge in [0.15, 0.2) is 19.0 Å². The van der Waals surface area contributed by atoms with Crippen molar-refractivity contribution in [3.8, 4) is 5.75 Å². The second kappa shape index (κ2) is 9.20. The lowest BCUT2D eigenvalue weighted by atomic mass is 9.86. The Morgan fingerprint density at radius 1 is 1.28 bits per heavy atom. The molecule has 0 spiro atoms. The first-order valence-corrected chi connectivity index (χ1v) is 8.68. The van der Waals surface area contributed by atoms with Gasteiger partial charge in [-0.25, -0.2) is 4.79 Å². The molecule has 1 aromatic rings. The van der Waals surface area contributed by atoms with Gasteiger partial charge in [-0.2, -0.15) is 0 Å². The fourth-order valence-electron chi connectivity index (χ4n) is 2.96. The Morgan fingerprint density at radius 2 is 2.00 bits per heavy atom. The molecule has 6 nitrogen and oxygen atoms in total. The second-order valence-corrected chi connectivity index (χ2v) is 6.45. The van der Waals surface area contributed by atoms with Crippen molar-refractivity contribution < 1.29 is 23.9 Å². The van der Waals surface area contributed by atoms with Gasteiger partial charge in [0, 0.05) is 6.04 Å². The average molecular weight is 347 g/mol. The Kier molecular flexibility index (Phi) is 6.98. The highest BCUT2D eigenvalue weighted by atomic mass is 16.6. The molecule has 1 saturated carbocycles. The van der Waals surface area contributed by atoms with Crippen LogP contribution in [0, 0.1) is 5.92 Å². The third kappa shape index (κ3) is 5.59. The molecule has 1 N–H and O–H groups in total. The van der Waals surface area contributed by atoms with Gasteiger partial charge in [0.1, 0.15) is 5.75 Å². The van der Waals surface area contributed by atoms with Crippen molar-refractivity contribution in [1.29, 1.82) is 0 Å². The van der Waals surface area contributed by atoms with E-state index in [0.29, 0.717) is 23.5 Å². The number of hydrogen-bond donors (Lipinski definition) is 1. The van der Waals surface area contributed by atoms with Crippen molar-refractivity contribution in [1.82, 2.24) is 5.32 Å². The molecule has 1 aliphatic carbocycles. The molecule has 0 unspecified atom stereocenters. The van der Waals surface area contributed by atoms with E-state index >= 15 is 0 Å². The summed E-state index contributed by atoms with van der Waals surface area (Å²) in [5.74, 6) is -0.202. The van der Waals surface area contributed by atoms with E-state index in [4.69, 9.17) is 9.47 Å². The van der Waals surface area contributed by atoms with E-state index in [1.165, 1.54) is 6.42 Å². The molecule has 6 heteroatoms. The minimum atomic E-state index is -0.883. The van der Waals surface area contributed by atoms with E-state index < -0.39 is 12.1 Å². The van der Waals surface area contributed by atoms with Crippen molar-refractivity contribution in [3.63, 3.8) is 0 Å². The molecule has 1 amide bonds. The van der Waals surface area contributed by atoms with Gasteiger partial charge in [0.25, 0.3) is 5.91 Å². The number of esters is 1. The Bertz CT molecular complexity index is 616. The molecular formula is C19H25NO5. The van der Waals surface area contributed by atoms with E-state index in [1.807, 2.05) is 0 Å². The average Bonchev–Trinajstić information content (AvgIpc) is 2.62. The van der Waals surface area contributed by atoms with Gasteiger partial charge >= 0.3 is 5.97 Å². The molecule has 0 saturated heterocycles. The van der Waals surface area contributed by atoms with Crippen molar-refractivity contribution in [2.75, 3.05) is 6.61 Å². The zero-order chi connectivity index (χ0) is 18.2. The number of carbonyl (C=O) groups excluding carboxylic acids is 3. The summed E-state index contributed by atoms with van der Waals surface area (Å²) in [6.45, 7) is 3.31. The molecule has 1 fully saturated rings. The van der Waals surface area contributed by atoms with Crippen LogP contribution in [0.25, 0.3) is 0 Å². The van der Waals surface area contributed by atoms with Gasteiger partial charge in [-0.1, -0.05) is 31.9 Å². The van der Waals surface area contributed by atoms with Gasteiger partial charge in [0.2, 0.25) is 0 Å². The van der Waals surface area contributed by atoms with Crippen LogP contribution in [-0.2, 0) is 14.3 Å². The van der Waals surface area contributed by atoms with Gasteiger partial charge in [-0.15, -0.1) is 0 Å². The predicted octanol–water partition coefficient (Wildman–Crippen LogP) is 2.50. The van der Waals surface area contributed by atoms with E-state index in [9.17, 15) is 14.4 Å². The summed E-state index contributed by atoms with van der Waals surface area (Å²) >= 11 is 0. The number of para-hydroxylation sites is 1. The Labute approximate surface area is 147 Å². The molecule has 25 heavy (non-hydrogen) atoms. The molecule has 0 aromatic heterocycles. The van der Waals surface area contributed by atoms with Gasteiger partial charge < -0.3 is 14.8 Å². The minimum absolute atomic E-state index is 0.137. The summed E-state index contributed by atoms with van der Waals surface area (Å²) < 4.78 is 10.4. The van der Waals surface area contributed by atoms with Crippen LogP contribution < -0.4 is 10.1 Å². The first-order chi connectivity index (χ1) is 12.0. The molecule has 1 aliphatic rings. The number of nitrogens with one attached hydrogen (secondary N) is 1. The molecule has 1 aromatic carbocycles. The number of ether oxygens (including phenoxy) is 2. The zero-order valence-electron chi connectivity index (χ0n) is 14.7. The molecular weight excluding hydrogens is 322 g/mol. The van der Waals surface area contributed by atoms with E-state index in [1.54, 1.807) is 31.2 Å². The SMILES string of the molecule is C[C@@H](OC(=O)COc1ccccc1C=O)C(=O)N[C@@H]1CCCC[C@@H]1C. The second-order valence-electron chi connectivity index (χ2n) is 6.45. The lowest BCUT2D eigenvalue weighted by Crippen LogP contribution is -2.46. The number of carbonyl (C=O) groups is 3. The van der Waals surface area contributed by atoms with E-state index in [2.05, 4.69) is 12.2 Å². The lowest BCUT2D eigenvalue weighted by Gasteiger charge is -2.30. The number of hydrogen-bond acceptors (Lipinski definition) is 5. The number of benzene rings is 1. The standard InChI is InChI=1S/C19H25NO5/c1-13-7-3-5-9-16(13)20-19(23)14(2)25-18(22)12-24-17-10-6-4-8-15(17)11-21/h4,6,8,10-11,13-14,16H,3,5,7,9,12H2,1-2H3,(H,20,23)/t13-,14+,16+/m0/s1. The Hall–Kier alpha value is -2.37. The first kappa shape index (κ1) is 19.0. The van der Waals surface area contributed by atoms with E-state index in [0.717, 1.165) is 19.3 Å². The number of amides is 1. The molecule has 0 heterocycles. The highest BCUT2D eigenvalue weighted by Gasteiger charge is 2.26. The van der Waals surface area contributed by atoms with Crippen molar-refractivity contribution >= 4 is 18.2 Å². The molecule has 0 bridgehead atoms. The third-order valence-corrected chi connectivity index (χ3v) is 4.51. The van der Waals surface area contributed by atoms with Gasteiger partial charge in [0.05, 0.1) is 5.56 Å². The van der Waals surface area contributed by atoms with Crippen LogP contribution >= 0.6 is 0 Å². The topological polar surface area (TPSA) is 81.7 Å². The van der Waals surface area contributed by atoms with E-state index in [-0.39, 0.29) is 18.6 Å². The normalized spacial score (nSPS) is 21.0. The fourth-order valence-corrected chi connectivity index (χ4v) is 2.96. The molecule has 3 atom stereocenters. The van der Waals surface area contributed by atoms with Crippen molar-refractivity contribution in [3.05, 3.63) is 29.8 Å². The maximum absolute atomic E-state index is 12.2. The summed E-state index contributed by atoms with van der Waals surface area (Å²) in [7, 11) is 0. The summed E-state index contributed by atoms with van der Waals surface area (Å²) in [5, 5.41) is 2.96. The smallest absolute Gasteiger partial charge is 0.344 e. The summed E-state index contributed by atoms with van der Waals surface area (Å²) in [4.78, 5) is 35.0. The third-order valence-electron chi connectivity index (χ3n) is 4.51. The fraction of sp³-hybridized carbons (Fsp3) is 0.526. The van der Waals surface area contributed by atoms with Gasteiger partial charge in [-0.05, 0) is 37.8 Å². The highest BCUT2D eigenvalue weighted by Crippen LogP contribution is 2.23. The quantitative estimate of drug-likeness (QED) is 0.605. The van der Waals surface area contributed by atoms with Crippen LogP contribution in [0.15, 0.2) is 24.3 Å². The van der Waals surface area contributed by atoms with Crippen LogP contribution in [-0.4, -0.2) is 36.9 Å². The maximum Gasteiger partial charge on any atom is 0.344 e. The van der Waals surface area contributed by atoms with Crippen LogP contribution in [0.1, 0.15) is 49.9 Å². The zero-order valence-corrected chi connectivity index (χ0v) is 14.7.